The van der Waals surface area contributed by atoms with Crippen LogP contribution in [0.15, 0.2) is 0 Å². The van der Waals surface area contributed by atoms with Gasteiger partial charge in [0.1, 0.15) is 6.10 Å². The van der Waals surface area contributed by atoms with Crippen molar-refractivity contribution in [3.8, 4) is 0 Å². The van der Waals surface area contributed by atoms with E-state index >= 15 is 0 Å². The molecule has 0 heterocycles. The van der Waals surface area contributed by atoms with Crippen molar-refractivity contribution in [3.05, 3.63) is 0 Å². The van der Waals surface area contributed by atoms with Crippen LogP contribution in [0.5, 0.6) is 0 Å². The van der Waals surface area contributed by atoms with Crippen molar-refractivity contribution >= 4 is 5.91 Å². The quantitative estimate of drug-likeness (QED) is 0.199. The van der Waals surface area contributed by atoms with Crippen LogP contribution in [0.2, 0.25) is 0 Å². The Labute approximate surface area is 127 Å². The molecule has 21 heavy (non-hydrogen) atoms. The Morgan fingerprint density at radius 3 is 1.95 bits per heavy atom. The monoisotopic (exact) mass is 306 g/mol. The number of carbonyl (C=O) groups excluding carboxylic acids is 1. The molecule has 126 valence electrons. The summed E-state index contributed by atoms with van der Waals surface area (Å²) in [5.74, 6) is 4.73. The first-order valence-corrected chi connectivity index (χ1v) is 7.61. The van der Waals surface area contributed by atoms with Crippen LogP contribution in [0.3, 0.4) is 0 Å². The van der Waals surface area contributed by atoms with Crippen LogP contribution in [0.4, 0.5) is 0 Å². The first-order valence-electron chi connectivity index (χ1n) is 7.61. The Morgan fingerprint density at radius 1 is 0.952 bits per heavy atom. The lowest BCUT2D eigenvalue weighted by Crippen LogP contribution is -2.40. The van der Waals surface area contributed by atoms with Gasteiger partial charge in [-0.2, -0.15) is 0 Å². The summed E-state index contributed by atoms with van der Waals surface area (Å²) in [7, 11) is 0. The summed E-state index contributed by atoms with van der Waals surface area (Å²) in [6, 6.07) is 0. The van der Waals surface area contributed by atoms with Gasteiger partial charge in [-0.15, -0.1) is 0 Å². The molecule has 0 spiro atoms. The number of hydrogen-bond donors (Lipinski definition) is 2. The lowest BCUT2D eigenvalue weighted by Gasteiger charge is -2.14. The van der Waals surface area contributed by atoms with Crippen LogP contribution in [-0.2, 0) is 23.7 Å². The predicted molar refractivity (Wildman–Crippen MR) is 79.7 cm³/mol. The summed E-state index contributed by atoms with van der Waals surface area (Å²) in [6.07, 6.45) is 2.28. The Hall–Kier alpha value is -0.730. The lowest BCUT2D eigenvalue weighted by molar-refractivity contribution is -0.134. The predicted octanol–water partition coefficient (Wildman–Crippen LogP) is 0.621. The fraction of sp³-hybridized carbons (Fsp3) is 0.929. The summed E-state index contributed by atoms with van der Waals surface area (Å²) in [5.41, 5.74) is 2.07. The number of hydrogen-bond acceptors (Lipinski definition) is 6. The highest BCUT2D eigenvalue weighted by molar-refractivity contribution is 5.79. The van der Waals surface area contributed by atoms with Gasteiger partial charge in [0.2, 0.25) is 0 Å². The first kappa shape index (κ1) is 20.3. The van der Waals surface area contributed by atoms with Gasteiger partial charge in [-0.1, -0.05) is 20.3 Å². The molecule has 0 aliphatic carbocycles. The third-order valence-corrected chi connectivity index (χ3v) is 2.74. The molecule has 0 radical (unpaired) electrons. The van der Waals surface area contributed by atoms with Crippen molar-refractivity contribution in [1.82, 2.24) is 5.43 Å². The second-order valence-electron chi connectivity index (χ2n) is 4.47. The molecule has 0 saturated carbocycles. The van der Waals surface area contributed by atoms with E-state index < -0.39 is 6.10 Å². The fourth-order valence-electron chi connectivity index (χ4n) is 1.51. The number of rotatable bonds is 15. The van der Waals surface area contributed by atoms with Gasteiger partial charge in [-0.3, -0.25) is 10.2 Å². The number of amides is 1. The van der Waals surface area contributed by atoms with Crippen molar-refractivity contribution in [2.24, 2.45) is 5.84 Å². The van der Waals surface area contributed by atoms with E-state index in [-0.39, 0.29) is 5.91 Å². The fourth-order valence-corrected chi connectivity index (χ4v) is 1.51. The van der Waals surface area contributed by atoms with Crippen LogP contribution in [0.25, 0.3) is 0 Å². The number of nitrogens with one attached hydrogen (secondary N) is 1. The highest BCUT2D eigenvalue weighted by atomic mass is 16.6. The Bertz CT molecular complexity index is 241. The van der Waals surface area contributed by atoms with E-state index in [9.17, 15) is 4.79 Å². The van der Waals surface area contributed by atoms with Gasteiger partial charge in [-0.05, 0) is 12.8 Å². The summed E-state index contributed by atoms with van der Waals surface area (Å²) >= 11 is 0. The summed E-state index contributed by atoms with van der Waals surface area (Å²) in [6.45, 7) is 7.78. The van der Waals surface area contributed by atoms with E-state index in [0.717, 1.165) is 19.4 Å². The van der Waals surface area contributed by atoms with Gasteiger partial charge in [0, 0.05) is 6.61 Å². The van der Waals surface area contributed by atoms with E-state index in [2.05, 4.69) is 12.3 Å². The van der Waals surface area contributed by atoms with Gasteiger partial charge in [-0.25, -0.2) is 5.84 Å². The number of unbranched alkanes of at least 4 members (excludes halogenated alkanes) is 1. The molecule has 0 rings (SSSR count). The minimum atomic E-state index is -0.518. The number of carbonyl (C=O) groups is 1. The SMILES string of the molecule is CCCCOCCOCCOCCOC(CC)C(=O)NN. The van der Waals surface area contributed by atoms with Crippen LogP contribution < -0.4 is 11.3 Å². The van der Waals surface area contributed by atoms with Crippen molar-refractivity contribution < 1.29 is 23.7 Å². The van der Waals surface area contributed by atoms with Crippen LogP contribution in [0.1, 0.15) is 33.1 Å². The molecule has 0 aromatic heterocycles. The first-order chi connectivity index (χ1) is 10.3. The summed E-state index contributed by atoms with van der Waals surface area (Å²) in [5, 5.41) is 0. The Balaban J connectivity index is 3.23. The molecule has 0 bridgehead atoms. The van der Waals surface area contributed by atoms with Gasteiger partial charge in [0.25, 0.3) is 5.91 Å². The zero-order chi connectivity index (χ0) is 15.8. The molecule has 7 nitrogen and oxygen atoms in total. The van der Waals surface area contributed by atoms with Crippen molar-refractivity contribution in [3.63, 3.8) is 0 Å². The molecular formula is C14H30N2O5. The molecule has 7 heteroatoms. The zero-order valence-electron chi connectivity index (χ0n) is 13.3. The molecular weight excluding hydrogens is 276 g/mol. The lowest BCUT2D eigenvalue weighted by atomic mass is 10.2. The highest BCUT2D eigenvalue weighted by Gasteiger charge is 2.14. The molecule has 0 aromatic carbocycles. The van der Waals surface area contributed by atoms with E-state index in [0.29, 0.717) is 46.1 Å². The second-order valence-corrected chi connectivity index (χ2v) is 4.47. The largest absolute Gasteiger partial charge is 0.379 e. The van der Waals surface area contributed by atoms with Gasteiger partial charge >= 0.3 is 0 Å². The molecule has 1 amide bonds. The maximum absolute atomic E-state index is 11.2. The third-order valence-electron chi connectivity index (χ3n) is 2.74. The van der Waals surface area contributed by atoms with Gasteiger partial charge in [0.05, 0.1) is 39.6 Å². The average molecular weight is 306 g/mol. The molecule has 0 aliphatic heterocycles. The van der Waals surface area contributed by atoms with Crippen LogP contribution in [-0.4, -0.2) is 58.3 Å². The number of ether oxygens (including phenoxy) is 4. The number of hydrazine groups is 1. The number of nitrogens with two attached hydrogens (primary N) is 1. The summed E-state index contributed by atoms with van der Waals surface area (Å²) in [4.78, 5) is 11.2. The Kier molecular flexibility index (Phi) is 15.1. The average Bonchev–Trinajstić information content (AvgIpc) is 2.51. The molecule has 0 saturated heterocycles. The maximum Gasteiger partial charge on any atom is 0.262 e. The maximum atomic E-state index is 11.2. The molecule has 0 aliphatic rings. The van der Waals surface area contributed by atoms with E-state index in [4.69, 9.17) is 24.8 Å². The van der Waals surface area contributed by atoms with Crippen LogP contribution >= 0.6 is 0 Å². The smallest absolute Gasteiger partial charge is 0.262 e. The van der Waals surface area contributed by atoms with Gasteiger partial charge in [0.15, 0.2) is 0 Å². The van der Waals surface area contributed by atoms with E-state index in [1.54, 1.807) is 0 Å². The second kappa shape index (κ2) is 15.7. The standard InChI is InChI=1S/C14H30N2O5/c1-3-5-6-18-7-8-19-9-10-20-11-12-21-13(4-2)14(17)16-15/h13H,3-12,15H2,1-2H3,(H,16,17). The van der Waals surface area contributed by atoms with Gasteiger partial charge < -0.3 is 18.9 Å². The normalized spacial score (nSPS) is 12.3. The molecule has 1 atom stereocenters. The third kappa shape index (κ3) is 12.7. The molecule has 0 aromatic rings. The minimum Gasteiger partial charge on any atom is -0.379 e. The van der Waals surface area contributed by atoms with Crippen molar-refractivity contribution in [2.75, 3.05) is 46.2 Å². The molecule has 1 unspecified atom stereocenters. The van der Waals surface area contributed by atoms with Crippen molar-refractivity contribution in [2.45, 2.75) is 39.2 Å². The zero-order valence-corrected chi connectivity index (χ0v) is 13.3. The topological polar surface area (TPSA) is 92.0 Å². The van der Waals surface area contributed by atoms with E-state index in [1.807, 2.05) is 6.92 Å². The Morgan fingerprint density at radius 2 is 1.48 bits per heavy atom. The molecule has 3 N–H and O–H groups in total. The minimum absolute atomic E-state index is 0.316. The van der Waals surface area contributed by atoms with Crippen molar-refractivity contribution in [1.29, 1.82) is 0 Å². The molecule has 0 fully saturated rings. The highest BCUT2D eigenvalue weighted by Crippen LogP contribution is 1.97. The van der Waals surface area contributed by atoms with Crippen LogP contribution in [0, 0.1) is 0 Å². The van der Waals surface area contributed by atoms with E-state index in [1.165, 1.54) is 0 Å². The summed E-state index contributed by atoms with van der Waals surface area (Å²) < 4.78 is 21.4.